The van der Waals surface area contributed by atoms with Gasteiger partial charge in [0.15, 0.2) is 0 Å². The highest BCUT2D eigenvalue weighted by molar-refractivity contribution is 5.37. The Morgan fingerprint density at radius 2 is 1.67 bits per heavy atom. The zero-order valence-electron chi connectivity index (χ0n) is 9.08. The van der Waals surface area contributed by atoms with Gasteiger partial charge in [0.05, 0.1) is 0 Å². The summed E-state index contributed by atoms with van der Waals surface area (Å²) in [6.07, 6.45) is 3.51. The second-order valence-electron chi connectivity index (χ2n) is 4.46. The molecule has 0 saturated carbocycles. The molecule has 1 aliphatic carbocycles. The zero-order chi connectivity index (χ0) is 9.52. The largest absolute Gasteiger partial charge is 0.0639 e. The molecular formula is C12H19. The molecule has 0 aromatic heterocycles. The highest BCUT2D eigenvalue weighted by atomic mass is 14.3. The maximum Gasteiger partial charge on any atom is -0.00754 e. The van der Waals surface area contributed by atoms with E-state index in [0.717, 1.165) is 0 Å². The van der Waals surface area contributed by atoms with Crippen LogP contribution in [0.5, 0.6) is 0 Å². The van der Waals surface area contributed by atoms with Crippen molar-refractivity contribution in [1.29, 1.82) is 0 Å². The van der Waals surface area contributed by atoms with E-state index in [-0.39, 0.29) is 0 Å². The molecule has 12 heavy (non-hydrogen) atoms. The van der Waals surface area contributed by atoms with E-state index in [1.54, 1.807) is 0 Å². The molecule has 1 unspecified atom stereocenters. The van der Waals surface area contributed by atoms with Gasteiger partial charge in [-0.3, -0.25) is 0 Å². The Kier molecular flexibility index (Phi) is 2.20. The SMILES string of the molecule is CC1=[C]C(C)C(C)(C)C(C)=C1C. The number of hydrogen-bond donors (Lipinski definition) is 0. The van der Waals surface area contributed by atoms with Crippen molar-refractivity contribution in [3.05, 3.63) is 22.8 Å². The van der Waals surface area contributed by atoms with Crippen LogP contribution in [-0.2, 0) is 0 Å². The zero-order valence-corrected chi connectivity index (χ0v) is 9.08. The van der Waals surface area contributed by atoms with Gasteiger partial charge in [-0.2, -0.15) is 0 Å². The first-order valence-corrected chi connectivity index (χ1v) is 4.65. The molecule has 1 radical (unpaired) electrons. The monoisotopic (exact) mass is 163 g/mol. The van der Waals surface area contributed by atoms with Crippen molar-refractivity contribution in [3.8, 4) is 0 Å². The van der Waals surface area contributed by atoms with E-state index in [1.165, 1.54) is 16.7 Å². The quantitative estimate of drug-likeness (QED) is 0.510. The summed E-state index contributed by atoms with van der Waals surface area (Å²) in [6.45, 7) is 13.5. The van der Waals surface area contributed by atoms with Crippen molar-refractivity contribution in [2.75, 3.05) is 0 Å². The molecule has 0 fully saturated rings. The third-order valence-electron chi connectivity index (χ3n) is 3.61. The van der Waals surface area contributed by atoms with Crippen LogP contribution in [0.3, 0.4) is 0 Å². The van der Waals surface area contributed by atoms with E-state index in [2.05, 4.69) is 47.6 Å². The molecule has 0 saturated heterocycles. The average Bonchev–Trinajstić information content (AvgIpc) is 1.99. The van der Waals surface area contributed by atoms with Gasteiger partial charge in [0.25, 0.3) is 0 Å². The van der Waals surface area contributed by atoms with Crippen LogP contribution in [0.1, 0.15) is 41.5 Å². The molecule has 0 nitrogen and oxygen atoms in total. The predicted octanol–water partition coefficient (Wildman–Crippen LogP) is 3.75. The number of hydrogen-bond acceptors (Lipinski definition) is 0. The second-order valence-corrected chi connectivity index (χ2v) is 4.46. The molecule has 0 aromatic rings. The van der Waals surface area contributed by atoms with E-state index in [1.807, 2.05) is 0 Å². The van der Waals surface area contributed by atoms with Crippen molar-refractivity contribution in [2.45, 2.75) is 41.5 Å². The minimum Gasteiger partial charge on any atom is -0.0639 e. The standard InChI is InChI=1S/C12H19/c1-8-7-9(2)12(5,6)11(4)10(8)3/h9H,1-6H3. The lowest BCUT2D eigenvalue weighted by atomic mass is 9.68. The van der Waals surface area contributed by atoms with Crippen LogP contribution in [0.2, 0.25) is 0 Å². The van der Waals surface area contributed by atoms with Gasteiger partial charge >= 0.3 is 0 Å². The third-order valence-corrected chi connectivity index (χ3v) is 3.61. The van der Waals surface area contributed by atoms with Gasteiger partial charge in [-0.25, -0.2) is 0 Å². The van der Waals surface area contributed by atoms with E-state index < -0.39 is 0 Å². The van der Waals surface area contributed by atoms with Gasteiger partial charge in [0, 0.05) is 0 Å². The normalized spacial score (nSPS) is 28.8. The average molecular weight is 163 g/mol. The maximum absolute atomic E-state index is 3.51. The fraction of sp³-hybridized carbons (Fsp3) is 0.667. The van der Waals surface area contributed by atoms with Gasteiger partial charge in [-0.1, -0.05) is 26.3 Å². The predicted molar refractivity (Wildman–Crippen MR) is 53.7 cm³/mol. The molecule has 1 aliphatic rings. The Hall–Kier alpha value is -0.520. The second kappa shape index (κ2) is 2.76. The fourth-order valence-electron chi connectivity index (χ4n) is 1.70. The highest BCUT2D eigenvalue weighted by Gasteiger charge is 2.31. The topological polar surface area (TPSA) is 0 Å². The van der Waals surface area contributed by atoms with Crippen molar-refractivity contribution in [3.63, 3.8) is 0 Å². The Morgan fingerprint density at radius 1 is 1.17 bits per heavy atom. The fourth-order valence-corrected chi connectivity index (χ4v) is 1.70. The Bertz CT molecular complexity index is 251. The Morgan fingerprint density at radius 3 is 2.17 bits per heavy atom. The minimum absolute atomic E-state index is 0.295. The van der Waals surface area contributed by atoms with Crippen LogP contribution in [0.25, 0.3) is 0 Å². The summed E-state index contributed by atoms with van der Waals surface area (Å²) in [5.41, 5.74) is 4.58. The summed E-state index contributed by atoms with van der Waals surface area (Å²) >= 11 is 0. The highest BCUT2D eigenvalue weighted by Crippen LogP contribution is 2.42. The summed E-state index contributed by atoms with van der Waals surface area (Å²) in [4.78, 5) is 0. The van der Waals surface area contributed by atoms with Crippen LogP contribution in [0.15, 0.2) is 16.7 Å². The van der Waals surface area contributed by atoms with Crippen molar-refractivity contribution >= 4 is 0 Å². The molecule has 0 bridgehead atoms. The Balaban J connectivity index is 3.18. The lowest BCUT2D eigenvalue weighted by Crippen LogP contribution is -2.26. The van der Waals surface area contributed by atoms with Crippen LogP contribution in [0.4, 0.5) is 0 Å². The molecule has 0 heteroatoms. The van der Waals surface area contributed by atoms with E-state index in [4.69, 9.17) is 0 Å². The first-order valence-electron chi connectivity index (χ1n) is 4.65. The first kappa shape index (κ1) is 9.57. The van der Waals surface area contributed by atoms with E-state index in [0.29, 0.717) is 11.3 Å². The molecule has 0 aliphatic heterocycles. The molecule has 67 valence electrons. The summed E-state index contributed by atoms with van der Waals surface area (Å²) in [6, 6.07) is 0. The van der Waals surface area contributed by atoms with Gasteiger partial charge in [0.2, 0.25) is 0 Å². The van der Waals surface area contributed by atoms with Crippen LogP contribution < -0.4 is 0 Å². The van der Waals surface area contributed by atoms with Gasteiger partial charge in [-0.15, -0.1) is 0 Å². The smallest absolute Gasteiger partial charge is 0.00754 e. The van der Waals surface area contributed by atoms with Gasteiger partial charge in [0.1, 0.15) is 0 Å². The molecule has 0 amide bonds. The number of rotatable bonds is 0. The van der Waals surface area contributed by atoms with Gasteiger partial charge < -0.3 is 0 Å². The van der Waals surface area contributed by atoms with Crippen LogP contribution in [0, 0.1) is 17.4 Å². The molecular weight excluding hydrogens is 144 g/mol. The van der Waals surface area contributed by atoms with E-state index in [9.17, 15) is 0 Å². The molecule has 0 N–H and O–H groups in total. The summed E-state index contributed by atoms with van der Waals surface area (Å²) in [5.74, 6) is 0.543. The molecule has 1 rings (SSSR count). The lowest BCUT2D eigenvalue weighted by molar-refractivity contribution is 0.323. The maximum atomic E-state index is 3.51. The molecule has 0 spiro atoms. The Labute approximate surface area is 76.4 Å². The summed E-state index contributed by atoms with van der Waals surface area (Å²) in [5, 5.41) is 0. The molecule has 0 heterocycles. The van der Waals surface area contributed by atoms with Crippen LogP contribution >= 0.6 is 0 Å². The minimum atomic E-state index is 0.295. The molecule has 1 atom stereocenters. The van der Waals surface area contributed by atoms with Crippen molar-refractivity contribution in [2.24, 2.45) is 11.3 Å². The van der Waals surface area contributed by atoms with Gasteiger partial charge in [-0.05, 0) is 49.3 Å². The first-order chi connectivity index (χ1) is 5.37. The van der Waals surface area contributed by atoms with Crippen molar-refractivity contribution < 1.29 is 0 Å². The van der Waals surface area contributed by atoms with E-state index >= 15 is 0 Å². The third kappa shape index (κ3) is 1.24. The van der Waals surface area contributed by atoms with Crippen molar-refractivity contribution in [1.82, 2.24) is 0 Å². The lowest BCUT2D eigenvalue weighted by Gasteiger charge is -2.36. The molecule has 0 aromatic carbocycles. The summed E-state index contributed by atoms with van der Waals surface area (Å²) < 4.78 is 0. The van der Waals surface area contributed by atoms with Crippen LogP contribution in [-0.4, -0.2) is 0 Å². The summed E-state index contributed by atoms with van der Waals surface area (Å²) in [7, 11) is 0. The number of allylic oxidation sites excluding steroid dienone is 4.